The van der Waals surface area contributed by atoms with Crippen molar-refractivity contribution in [2.24, 2.45) is 7.05 Å². The van der Waals surface area contributed by atoms with E-state index in [1.54, 1.807) is 110 Å². The third-order valence-electron chi connectivity index (χ3n) is 7.32. The van der Waals surface area contributed by atoms with Crippen LogP contribution in [0, 0.1) is 76.2 Å². The van der Waals surface area contributed by atoms with E-state index in [-0.39, 0.29) is 0 Å². The minimum Gasteiger partial charge on any atom is -0.449 e. The van der Waals surface area contributed by atoms with E-state index in [2.05, 4.69) is 104 Å². The zero-order chi connectivity index (χ0) is 56.4. The number of oxazole rings is 1. The highest BCUT2D eigenvalue weighted by molar-refractivity contribution is 7.09. The van der Waals surface area contributed by atoms with Crippen LogP contribution in [0.4, 0.5) is 0 Å². The van der Waals surface area contributed by atoms with Gasteiger partial charge in [0.25, 0.3) is 0 Å². The zero-order valence-corrected chi connectivity index (χ0v) is 47.5. The Morgan fingerprint density at radius 2 is 1.19 bits per heavy atom. The maximum absolute atomic E-state index is 4.72. The Morgan fingerprint density at radius 3 is 1.39 bits per heavy atom. The van der Waals surface area contributed by atoms with Gasteiger partial charge < -0.3 is 13.4 Å². The molecule has 12 rings (SSSR count). The van der Waals surface area contributed by atoms with Gasteiger partial charge >= 0.3 is 0 Å². The SMILES string of the molecule is Cc1cccnc1.Cc1cccnc1.Cc1cccnn1.Cc1cnccn1.Cc1cncnc1.Cc1cnco1.Cc1cncs1.Cc1cnoc1.Cc1cnsc1.Cc1nnco1.Cc1nncs1.Cn1cnnn1. The summed E-state index contributed by atoms with van der Waals surface area (Å²) in [7, 11) is 1.76. The van der Waals surface area contributed by atoms with Gasteiger partial charge in [0.1, 0.15) is 35.2 Å². The lowest BCUT2D eigenvalue weighted by Gasteiger charge is -1.82. The van der Waals surface area contributed by atoms with Crippen LogP contribution in [-0.2, 0) is 7.05 Å². The third kappa shape index (κ3) is 44.2. The normalized spacial score (nSPS) is 8.78. The fraction of sp³-hybridized carbons (Fsp3) is 0.235. The summed E-state index contributed by atoms with van der Waals surface area (Å²) in [6, 6.07) is 11.7. The monoisotopic (exact) mass is 1100 g/mol. The second-order valence-corrected chi connectivity index (χ2v) is 17.5. The van der Waals surface area contributed by atoms with Crippen molar-refractivity contribution in [1.82, 2.24) is 100 Å². The molecule has 0 aromatic carbocycles. The van der Waals surface area contributed by atoms with Crippen LogP contribution in [0.25, 0.3) is 0 Å². The summed E-state index contributed by atoms with van der Waals surface area (Å²) in [5, 5.41) is 38.2. The molecule has 0 bridgehead atoms. The number of nitrogens with zero attached hydrogens (tertiary/aromatic N) is 20. The minimum absolute atomic E-state index is 0.606. The number of rotatable bonds is 0. The summed E-state index contributed by atoms with van der Waals surface area (Å²) < 4.78 is 19.2. The predicted molar refractivity (Wildman–Crippen MR) is 297 cm³/mol. The number of hydrogen-bond donors (Lipinski definition) is 0. The Kier molecular flexibility index (Phi) is 39.1. The van der Waals surface area contributed by atoms with Crippen LogP contribution in [0.1, 0.15) is 60.7 Å². The van der Waals surface area contributed by atoms with Crippen molar-refractivity contribution in [2.75, 3.05) is 0 Å². The lowest BCUT2D eigenvalue weighted by molar-refractivity contribution is 0.419. The smallest absolute Gasteiger partial charge is 0.213 e. The van der Waals surface area contributed by atoms with E-state index in [4.69, 9.17) is 4.42 Å². The van der Waals surface area contributed by atoms with Crippen molar-refractivity contribution < 1.29 is 13.4 Å². The average molecular weight is 1100 g/mol. The van der Waals surface area contributed by atoms with Crippen LogP contribution in [-0.4, -0.2) is 100 Å². The molecule has 0 radical (unpaired) electrons. The van der Waals surface area contributed by atoms with Gasteiger partial charge in [-0.05, 0) is 138 Å². The number of pyridine rings is 2. The maximum atomic E-state index is 4.72. The van der Waals surface area contributed by atoms with Crippen molar-refractivity contribution >= 4 is 34.2 Å². The molecule has 0 fully saturated rings. The highest BCUT2D eigenvalue weighted by Crippen LogP contribution is 2.00. The van der Waals surface area contributed by atoms with E-state index in [0.717, 1.165) is 33.3 Å². The Hall–Kier alpha value is -9.01. The molecule has 0 spiro atoms. The van der Waals surface area contributed by atoms with E-state index in [1.807, 2.05) is 141 Å². The molecule has 0 unspecified atom stereocenters. The molecule has 0 aliphatic rings. The quantitative estimate of drug-likeness (QED) is 0.136. The van der Waals surface area contributed by atoms with Gasteiger partial charge in [0.2, 0.25) is 12.3 Å². The Morgan fingerprint density at radius 1 is 0.494 bits per heavy atom. The van der Waals surface area contributed by atoms with Crippen molar-refractivity contribution in [1.29, 1.82) is 0 Å². The molecule has 0 N–H and O–H groups in total. The highest BCUT2D eigenvalue weighted by atomic mass is 32.1. The predicted octanol–water partition coefficient (Wildman–Crippen LogP) is 10.4. The van der Waals surface area contributed by atoms with E-state index in [1.165, 1.54) is 63.2 Å². The van der Waals surface area contributed by atoms with Gasteiger partial charge in [0.15, 0.2) is 6.39 Å². The molecule has 12 aromatic rings. The third-order valence-corrected chi connectivity index (χ3v) is 9.35. The largest absolute Gasteiger partial charge is 0.449 e. The number of hydrogen-bond acceptors (Lipinski definition) is 25. The Bertz CT molecular complexity index is 2420. The Labute approximate surface area is 460 Å². The summed E-state index contributed by atoms with van der Waals surface area (Å²) in [5.74, 6) is 1.46. The summed E-state index contributed by atoms with van der Waals surface area (Å²) in [5.41, 5.74) is 11.3. The topological polar surface area (TPSA) is 289 Å². The molecule has 404 valence electrons. The first-order valence-corrected chi connectivity index (χ1v) is 25.3. The van der Waals surface area contributed by atoms with Crippen molar-refractivity contribution in [3.05, 3.63) is 232 Å². The summed E-state index contributed by atoms with van der Waals surface area (Å²) in [6.45, 7) is 21.3. The van der Waals surface area contributed by atoms with E-state index in [0.29, 0.717) is 5.89 Å². The molecule has 0 aliphatic carbocycles. The lowest BCUT2D eigenvalue weighted by atomic mass is 10.3. The molecule has 12 aromatic heterocycles. The molecule has 0 aliphatic heterocycles. The summed E-state index contributed by atoms with van der Waals surface area (Å²) >= 11 is 4.71. The van der Waals surface area contributed by atoms with Gasteiger partial charge in [-0.2, -0.15) is 10.2 Å². The van der Waals surface area contributed by atoms with Crippen LogP contribution in [0.2, 0.25) is 0 Å². The molecular formula is C51H64N20O3S3. The van der Waals surface area contributed by atoms with Gasteiger partial charge in [0.05, 0.1) is 29.3 Å². The van der Waals surface area contributed by atoms with E-state index >= 15 is 0 Å². The zero-order valence-electron chi connectivity index (χ0n) is 45.1. The standard InChI is InChI=1S/2C6H7N.3C5H6N2.2C4H5NO.2C4H5NS.C3H4N2O.C3H4N2S.C2H4N4/c2*1-6-3-2-4-7-5-6;1-5-2-6-4-7-3-5;1-5-4-6-2-3-7-5;1-5-3-2-4-6-7-5;1-4-2-5-3-6-4;1-4-2-5-6-3-4;1-4-2-5-3-6-4;1-4-2-5-6-3-4;2*1-3-5-4-2-6-3;1-6-2-3-4-5-6/h2*2-5H,1H3;3*2-4H,1H3;4*2-3H,1H3;3*2H,1H3. The molecular weight excluding hydrogens is 1040 g/mol. The van der Waals surface area contributed by atoms with Gasteiger partial charge in [-0.15, -0.1) is 48.2 Å². The van der Waals surface area contributed by atoms with Gasteiger partial charge in [0, 0.05) is 104 Å². The van der Waals surface area contributed by atoms with E-state index < -0.39 is 0 Å². The van der Waals surface area contributed by atoms with Crippen LogP contribution in [0.15, 0.2) is 185 Å². The minimum atomic E-state index is 0.606. The fourth-order valence-corrected chi connectivity index (χ4v) is 5.03. The van der Waals surface area contributed by atoms with Crippen LogP contribution in [0.5, 0.6) is 0 Å². The molecule has 0 atom stereocenters. The van der Waals surface area contributed by atoms with Crippen molar-refractivity contribution in [3.63, 3.8) is 0 Å². The molecule has 0 saturated heterocycles. The first-order valence-electron chi connectivity index (χ1n) is 22.7. The molecule has 0 amide bonds. The van der Waals surface area contributed by atoms with Gasteiger partial charge in [-0.3, -0.25) is 24.9 Å². The summed E-state index contributed by atoms with van der Waals surface area (Å²) in [6.07, 6.45) is 31.9. The van der Waals surface area contributed by atoms with Crippen molar-refractivity contribution in [2.45, 2.75) is 76.2 Å². The number of thiazole rings is 1. The fourth-order valence-electron chi connectivity index (χ4n) is 3.76. The second-order valence-electron chi connectivity index (χ2n) is 14.7. The average Bonchev–Trinajstić information content (AvgIpc) is 4.30. The van der Waals surface area contributed by atoms with Crippen LogP contribution < -0.4 is 0 Å². The number of aryl methyl sites for hydroxylation is 12. The first kappa shape index (κ1) is 66.0. The molecule has 26 heteroatoms. The molecule has 23 nitrogen and oxygen atoms in total. The van der Waals surface area contributed by atoms with Gasteiger partial charge in [-0.25, -0.2) is 24.0 Å². The van der Waals surface area contributed by atoms with E-state index in [9.17, 15) is 0 Å². The van der Waals surface area contributed by atoms with Crippen molar-refractivity contribution in [3.8, 4) is 0 Å². The molecule has 77 heavy (non-hydrogen) atoms. The van der Waals surface area contributed by atoms with Gasteiger partial charge in [-0.1, -0.05) is 17.3 Å². The maximum Gasteiger partial charge on any atom is 0.213 e. The lowest BCUT2D eigenvalue weighted by Crippen LogP contribution is -1.85. The van der Waals surface area contributed by atoms with Crippen LogP contribution >= 0.6 is 34.2 Å². The molecule has 12 heterocycles. The first-order chi connectivity index (χ1) is 37.2. The number of aromatic nitrogens is 20. The molecule has 0 saturated carbocycles. The number of tetrazole rings is 1. The summed E-state index contributed by atoms with van der Waals surface area (Å²) in [4.78, 5) is 31.8. The Balaban J connectivity index is 0.000000420. The highest BCUT2D eigenvalue weighted by Gasteiger charge is 1.82. The second kappa shape index (κ2) is 45.6. The van der Waals surface area contributed by atoms with Crippen LogP contribution in [0.3, 0.4) is 0 Å².